The van der Waals surface area contributed by atoms with Crippen LogP contribution in [0.2, 0.25) is 0 Å². The van der Waals surface area contributed by atoms with Crippen molar-refractivity contribution in [1.82, 2.24) is 15.3 Å². The molecule has 0 saturated heterocycles. The second kappa shape index (κ2) is 6.08. The zero-order valence-electron chi connectivity index (χ0n) is 11.2. The Morgan fingerprint density at radius 2 is 2.05 bits per heavy atom. The van der Waals surface area contributed by atoms with Crippen molar-refractivity contribution in [3.63, 3.8) is 0 Å². The van der Waals surface area contributed by atoms with Crippen molar-refractivity contribution < 1.29 is 4.79 Å². The number of carbonyl (C=O) groups is 1. The van der Waals surface area contributed by atoms with Gasteiger partial charge in [-0.05, 0) is 12.0 Å². The van der Waals surface area contributed by atoms with Gasteiger partial charge in [-0.2, -0.15) is 0 Å². The van der Waals surface area contributed by atoms with E-state index in [1.54, 1.807) is 5.01 Å². The molecule has 0 unspecified atom stereocenters. The van der Waals surface area contributed by atoms with E-state index in [4.69, 9.17) is 11.6 Å². The van der Waals surface area contributed by atoms with E-state index < -0.39 is 0 Å². The number of benzene rings is 1. The molecule has 0 aliphatic carbocycles. The number of hydrazine groups is 1. The maximum Gasteiger partial charge on any atom is 0.336 e. The van der Waals surface area contributed by atoms with Gasteiger partial charge < -0.3 is 5.32 Å². The molecule has 1 aromatic rings. The van der Waals surface area contributed by atoms with Gasteiger partial charge in [-0.1, -0.05) is 48.9 Å². The predicted octanol–water partition coefficient (Wildman–Crippen LogP) is 2.92. The number of likely N-dealkylation sites (N-methyl/N-ethyl adjacent to an activating group) is 1. The van der Waals surface area contributed by atoms with E-state index in [1.807, 2.05) is 49.3 Å². The van der Waals surface area contributed by atoms with Crippen LogP contribution in [-0.2, 0) is 6.54 Å². The lowest BCUT2D eigenvalue weighted by atomic mass is 10.2. The molecule has 0 radical (unpaired) electrons. The van der Waals surface area contributed by atoms with Crippen molar-refractivity contribution in [2.24, 2.45) is 0 Å². The Labute approximate surface area is 118 Å². The average molecular weight is 280 g/mol. The lowest BCUT2D eigenvalue weighted by Crippen LogP contribution is -2.45. The smallest absolute Gasteiger partial charge is 0.332 e. The number of halogens is 1. The fraction of sp³-hybridized carbons (Fsp3) is 0.357. The third-order valence-electron chi connectivity index (χ3n) is 3.09. The molecular formula is C14H18ClN3O. The molecule has 2 rings (SSSR count). The van der Waals surface area contributed by atoms with Crippen molar-refractivity contribution in [3.8, 4) is 0 Å². The highest BCUT2D eigenvalue weighted by atomic mass is 35.5. The molecule has 0 atom stereocenters. The number of rotatable bonds is 3. The van der Waals surface area contributed by atoms with E-state index >= 15 is 0 Å². The Hall–Kier alpha value is -1.52. The number of hydrogen-bond donors (Lipinski definition) is 1. The maximum absolute atomic E-state index is 12.2. The second-order valence-electron chi connectivity index (χ2n) is 4.48. The molecule has 0 bridgehead atoms. The van der Waals surface area contributed by atoms with Crippen LogP contribution in [0.4, 0.5) is 4.79 Å². The summed E-state index contributed by atoms with van der Waals surface area (Å²) in [5.74, 6) is 0. The average Bonchev–Trinajstić information content (AvgIpc) is 2.71. The maximum atomic E-state index is 12.2. The highest BCUT2D eigenvalue weighted by Crippen LogP contribution is 2.26. The molecule has 1 aliphatic heterocycles. The molecule has 19 heavy (non-hydrogen) atoms. The first-order chi connectivity index (χ1) is 9.13. The van der Waals surface area contributed by atoms with Crippen LogP contribution in [0, 0.1) is 0 Å². The summed E-state index contributed by atoms with van der Waals surface area (Å²) in [7, 11) is 1.85. The summed E-state index contributed by atoms with van der Waals surface area (Å²) >= 11 is 6.15. The van der Waals surface area contributed by atoms with Crippen LogP contribution in [0.1, 0.15) is 18.9 Å². The van der Waals surface area contributed by atoms with Gasteiger partial charge in [0.2, 0.25) is 0 Å². The fourth-order valence-electron chi connectivity index (χ4n) is 2.15. The van der Waals surface area contributed by atoms with Crippen molar-refractivity contribution in [2.75, 3.05) is 13.6 Å². The fourth-order valence-corrected chi connectivity index (χ4v) is 2.54. The molecule has 2 amide bonds. The number of allylic oxidation sites excluding steroid dienone is 1. The molecule has 0 saturated carbocycles. The highest BCUT2D eigenvalue weighted by Gasteiger charge is 2.30. The Morgan fingerprint density at radius 1 is 1.37 bits per heavy atom. The van der Waals surface area contributed by atoms with Crippen molar-refractivity contribution >= 4 is 17.6 Å². The normalized spacial score (nSPS) is 16.1. The summed E-state index contributed by atoms with van der Waals surface area (Å²) in [6.45, 7) is 3.09. The van der Waals surface area contributed by atoms with E-state index in [0.717, 1.165) is 22.7 Å². The van der Waals surface area contributed by atoms with Crippen LogP contribution in [0.15, 0.2) is 41.1 Å². The minimum Gasteiger partial charge on any atom is -0.332 e. The predicted molar refractivity (Wildman–Crippen MR) is 76.3 cm³/mol. The minimum atomic E-state index is -0.140. The van der Waals surface area contributed by atoms with Crippen LogP contribution >= 0.6 is 11.6 Å². The van der Waals surface area contributed by atoms with Gasteiger partial charge >= 0.3 is 6.03 Å². The highest BCUT2D eigenvalue weighted by molar-refractivity contribution is 6.30. The molecule has 102 valence electrons. The van der Waals surface area contributed by atoms with Gasteiger partial charge in [0.25, 0.3) is 0 Å². The first-order valence-electron chi connectivity index (χ1n) is 6.34. The minimum absolute atomic E-state index is 0.140. The first-order valence-corrected chi connectivity index (χ1v) is 6.71. The summed E-state index contributed by atoms with van der Waals surface area (Å²) < 4.78 is 0. The quantitative estimate of drug-likeness (QED) is 0.923. The van der Waals surface area contributed by atoms with Gasteiger partial charge in [-0.25, -0.2) is 14.8 Å². The van der Waals surface area contributed by atoms with E-state index in [1.165, 1.54) is 0 Å². The van der Waals surface area contributed by atoms with Gasteiger partial charge in [0, 0.05) is 13.6 Å². The summed E-state index contributed by atoms with van der Waals surface area (Å²) in [6, 6.07) is 9.70. The largest absolute Gasteiger partial charge is 0.336 e. The monoisotopic (exact) mass is 279 g/mol. The SMILES string of the molecule is CCC1=C(Cl)CN(C)N1C(=O)NCc1ccccc1. The van der Waals surface area contributed by atoms with E-state index in [9.17, 15) is 4.79 Å². The van der Waals surface area contributed by atoms with Gasteiger partial charge in [-0.15, -0.1) is 0 Å². The summed E-state index contributed by atoms with van der Waals surface area (Å²) in [6.07, 6.45) is 0.738. The lowest BCUT2D eigenvalue weighted by molar-refractivity contribution is 0.0956. The second-order valence-corrected chi connectivity index (χ2v) is 4.93. The molecule has 0 aromatic heterocycles. The van der Waals surface area contributed by atoms with E-state index in [2.05, 4.69) is 5.32 Å². The van der Waals surface area contributed by atoms with Gasteiger partial charge in [-0.3, -0.25) is 0 Å². The molecule has 1 aliphatic rings. The van der Waals surface area contributed by atoms with E-state index in [-0.39, 0.29) is 6.03 Å². The standard InChI is InChI=1S/C14H18ClN3O/c1-3-13-12(15)10-17(2)18(13)14(19)16-9-11-7-5-4-6-8-11/h4-8H,3,9-10H2,1-2H3,(H,16,19). The number of urea groups is 1. The Kier molecular flexibility index (Phi) is 4.45. The third kappa shape index (κ3) is 3.08. The molecule has 4 nitrogen and oxygen atoms in total. The Balaban J connectivity index is 2.00. The zero-order chi connectivity index (χ0) is 13.8. The summed E-state index contributed by atoms with van der Waals surface area (Å²) in [5.41, 5.74) is 1.94. The van der Waals surface area contributed by atoms with Crippen LogP contribution in [0.25, 0.3) is 0 Å². The van der Waals surface area contributed by atoms with Crippen LogP contribution in [-0.4, -0.2) is 29.6 Å². The topological polar surface area (TPSA) is 35.6 Å². The van der Waals surface area contributed by atoms with Crippen molar-refractivity contribution in [2.45, 2.75) is 19.9 Å². The zero-order valence-corrected chi connectivity index (χ0v) is 11.9. The molecule has 0 fully saturated rings. The summed E-state index contributed by atoms with van der Waals surface area (Å²) in [5, 5.41) is 7.08. The van der Waals surface area contributed by atoms with Gasteiger partial charge in [0.15, 0.2) is 0 Å². The number of amides is 2. The number of hydrogen-bond acceptors (Lipinski definition) is 2. The lowest BCUT2D eigenvalue weighted by Gasteiger charge is -2.26. The van der Waals surface area contributed by atoms with Crippen LogP contribution in [0.3, 0.4) is 0 Å². The van der Waals surface area contributed by atoms with Crippen LogP contribution < -0.4 is 5.32 Å². The van der Waals surface area contributed by atoms with Gasteiger partial charge in [0.05, 0.1) is 17.3 Å². The first kappa shape index (κ1) is 13.9. The molecular weight excluding hydrogens is 262 g/mol. The third-order valence-corrected chi connectivity index (χ3v) is 3.43. The Bertz CT molecular complexity index is 487. The van der Waals surface area contributed by atoms with Crippen LogP contribution in [0.5, 0.6) is 0 Å². The van der Waals surface area contributed by atoms with Crippen molar-refractivity contribution in [1.29, 1.82) is 0 Å². The molecule has 0 spiro atoms. The van der Waals surface area contributed by atoms with Gasteiger partial charge in [0.1, 0.15) is 0 Å². The number of nitrogens with zero attached hydrogens (tertiary/aromatic N) is 2. The number of carbonyl (C=O) groups excluding carboxylic acids is 1. The van der Waals surface area contributed by atoms with Crippen molar-refractivity contribution in [3.05, 3.63) is 46.6 Å². The Morgan fingerprint density at radius 3 is 2.68 bits per heavy atom. The molecule has 1 N–H and O–H groups in total. The number of nitrogens with one attached hydrogen (secondary N) is 1. The molecule has 1 heterocycles. The summed E-state index contributed by atoms with van der Waals surface area (Å²) in [4.78, 5) is 12.2. The molecule has 5 heteroatoms. The van der Waals surface area contributed by atoms with E-state index in [0.29, 0.717) is 13.1 Å². The molecule has 1 aromatic carbocycles.